The van der Waals surface area contributed by atoms with Gasteiger partial charge in [-0.1, -0.05) is 95.3 Å². The van der Waals surface area contributed by atoms with Gasteiger partial charge >= 0.3 is 0 Å². The van der Waals surface area contributed by atoms with Crippen LogP contribution in [0.15, 0.2) is 78.9 Å². The summed E-state index contributed by atoms with van der Waals surface area (Å²) in [6.07, 6.45) is 1.09. The number of nitrogens with zero attached hydrogens (tertiary/aromatic N) is 1. The number of hydrogen-bond acceptors (Lipinski definition) is 2. The molecule has 6 rings (SSSR count). The summed E-state index contributed by atoms with van der Waals surface area (Å²) in [5.74, 6) is 0.620. The molecule has 0 spiro atoms. The fraction of sp³-hybridized carbons (Fsp3) is 0.242. The molecule has 0 aliphatic rings. The van der Waals surface area contributed by atoms with E-state index in [9.17, 15) is 0 Å². The van der Waals surface area contributed by atoms with E-state index in [1.807, 2.05) is 11.3 Å². The van der Waals surface area contributed by atoms with Crippen molar-refractivity contribution in [3.63, 3.8) is 0 Å². The topological polar surface area (TPSA) is 12.9 Å². The average Bonchev–Trinajstić information content (AvgIpc) is 3.23. The lowest BCUT2D eigenvalue weighted by molar-refractivity contribution is 0.596. The third kappa shape index (κ3) is 3.72. The van der Waals surface area contributed by atoms with E-state index < -0.39 is 0 Å². The molecule has 2 heteroatoms. The first kappa shape index (κ1) is 22.2. The van der Waals surface area contributed by atoms with Crippen molar-refractivity contribution in [1.82, 2.24) is 4.98 Å². The van der Waals surface area contributed by atoms with Gasteiger partial charge in [0.15, 0.2) is 0 Å². The Morgan fingerprint density at radius 1 is 0.771 bits per heavy atom. The van der Waals surface area contributed by atoms with Gasteiger partial charge < -0.3 is 0 Å². The smallest absolute Gasteiger partial charge is 0.0888 e. The summed E-state index contributed by atoms with van der Waals surface area (Å²) in [6, 6.07) is 29.0. The minimum Gasteiger partial charge on any atom is -0.246 e. The summed E-state index contributed by atoms with van der Waals surface area (Å²) in [6.45, 7) is 11.5. The van der Waals surface area contributed by atoms with Gasteiger partial charge in [-0.15, -0.1) is 11.3 Å². The largest absolute Gasteiger partial charge is 0.246 e. The predicted molar refractivity (Wildman–Crippen MR) is 155 cm³/mol. The van der Waals surface area contributed by atoms with Crippen LogP contribution in [0.1, 0.15) is 45.7 Å². The number of fused-ring (bicyclic) bond motifs is 6. The van der Waals surface area contributed by atoms with E-state index in [4.69, 9.17) is 4.98 Å². The SMILES string of the molecule is CC(C)Cc1cccc2c1sc1c(-c3cc(C(C)(C)C)c4ccccc4c3)nc3ccccc3c12. The van der Waals surface area contributed by atoms with Crippen LogP contribution in [0.25, 0.3) is 53.1 Å². The van der Waals surface area contributed by atoms with E-state index in [1.165, 1.54) is 53.0 Å². The minimum atomic E-state index is 0.0379. The normalized spacial score (nSPS) is 12.5. The first-order valence-electron chi connectivity index (χ1n) is 12.6. The molecule has 0 atom stereocenters. The molecule has 0 aliphatic carbocycles. The Kier molecular flexibility index (Phi) is 5.19. The number of thiophene rings is 1. The average molecular weight is 474 g/mol. The minimum absolute atomic E-state index is 0.0379. The third-order valence-corrected chi connectivity index (χ3v) is 8.28. The van der Waals surface area contributed by atoms with Gasteiger partial charge in [0.05, 0.1) is 15.9 Å². The summed E-state index contributed by atoms with van der Waals surface area (Å²) in [4.78, 5) is 5.30. The number of aromatic nitrogens is 1. The van der Waals surface area contributed by atoms with E-state index >= 15 is 0 Å². The summed E-state index contributed by atoms with van der Waals surface area (Å²) in [7, 11) is 0. The van der Waals surface area contributed by atoms with Gasteiger partial charge in [-0.2, -0.15) is 0 Å². The van der Waals surface area contributed by atoms with Gasteiger partial charge in [0.1, 0.15) is 0 Å². The Morgan fingerprint density at radius 3 is 2.26 bits per heavy atom. The van der Waals surface area contributed by atoms with E-state index in [2.05, 4.69) is 113 Å². The quantitative estimate of drug-likeness (QED) is 0.249. The zero-order valence-corrected chi connectivity index (χ0v) is 22.0. The molecule has 0 N–H and O–H groups in total. The van der Waals surface area contributed by atoms with Crippen molar-refractivity contribution in [2.45, 2.75) is 46.5 Å². The van der Waals surface area contributed by atoms with Gasteiger partial charge in [0.2, 0.25) is 0 Å². The highest BCUT2D eigenvalue weighted by Gasteiger charge is 2.22. The molecular formula is C33H31NS. The van der Waals surface area contributed by atoms with Crippen molar-refractivity contribution >= 4 is 53.2 Å². The first-order valence-corrected chi connectivity index (χ1v) is 13.4. The van der Waals surface area contributed by atoms with Crippen LogP contribution < -0.4 is 0 Å². The molecule has 6 aromatic rings. The molecule has 0 fully saturated rings. The van der Waals surface area contributed by atoms with Crippen molar-refractivity contribution in [3.8, 4) is 11.3 Å². The highest BCUT2D eigenvalue weighted by Crippen LogP contribution is 2.45. The molecule has 0 saturated carbocycles. The standard InChI is InChI=1S/C33H31NS/c1-20(2)17-22-12-10-15-26-29-25-14-8-9-16-28(25)34-30(32(29)35-31(22)26)23-18-21-11-6-7-13-24(21)27(19-23)33(3,4)5/h6-16,18-20H,17H2,1-5H3. The first-order chi connectivity index (χ1) is 16.8. The molecule has 174 valence electrons. The van der Waals surface area contributed by atoms with Crippen molar-refractivity contribution in [1.29, 1.82) is 0 Å². The lowest BCUT2D eigenvalue weighted by atomic mass is 9.82. The molecule has 0 unspecified atom stereocenters. The second-order valence-electron chi connectivity index (χ2n) is 11.2. The number of para-hydroxylation sites is 1. The van der Waals surface area contributed by atoms with Gasteiger partial charge in [-0.25, -0.2) is 4.98 Å². The second-order valence-corrected chi connectivity index (χ2v) is 12.2. The highest BCUT2D eigenvalue weighted by atomic mass is 32.1. The van der Waals surface area contributed by atoms with Crippen LogP contribution in [0, 0.1) is 5.92 Å². The van der Waals surface area contributed by atoms with Crippen molar-refractivity contribution < 1.29 is 0 Å². The van der Waals surface area contributed by atoms with Crippen LogP contribution in [0.3, 0.4) is 0 Å². The monoisotopic (exact) mass is 473 g/mol. The van der Waals surface area contributed by atoms with E-state index in [-0.39, 0.29) is 5.41 Å². The predicted octanol–water partition coefficient (Wildman–Crippen LogP) is 9.92. The summed E-state index contributed by atoms with van der Waals surface area (Å²) in [5, 5.41) is 6.56. The Balaban J connectivity index is 1.76. The molecule has 2 heterocycles. The van der Waals surface area contributed by atoms with Crippen LogP contribution >= 0.6 is 11.3 Å². The van der Waals surface area contributed by atoms with Crippen LogP contribution in [-0.4, -0.2) is 4.98 Å². The van der Waals surface area contributed by atoms with Crippen molar-refractivity contribution in [2.24, 2.45) is 5.92 Å². The summed E-state index contributed by atoms with van der Waals surface area (Å²) < 4.78 is 2.71. The Hall–Kier alpha value is -3.23. The second kappa shape index (κ2) is 8.17. The van der Waals surface area contributed by atoms with Gasteiger partial charge in [-0.05, 0) is 57.9 Å². The molecular weight excluding hydrogens is 442 g/mol. The lowest BCUT2D eigenvalue weighted by Gasteiger charge is -2.23. The maximum absolute atomic E-state index is 5.30. The highest BCUT2D eigenvalue weighted by molar-refractivity contribution is 7.26. The molecule has 2 aromatic heterocycles. The maximum atomic E-state index is 5.30. The number of benzene rings is 4. The molecule has 0 radical (unpaired) electrons. The van der Waals surface area contributed by atoms with Crippen LogP contribution in [0.2, 0.25) is 0 Å². The summed E-state index contributed by atoms with van der Waals surface area (Å²) in [5.41, 5.74) is 6.23. The number of rotatable bonds is 3. The molecule has 1 nitrogen and oxygen atoms in total. The van der Waals surface area contributed by atoms with Gasteiger partial charge in [0.25, 0.3) is 0 Å². The molecule has 0 bridgehead atoms. The molecule has 0 saturated heterocycles. The van der Waals surface area contributed by atoms with E-state index in [0.29, 0.717) is 5.92 Å². The molecule has 0 aliphatic heterocycles. The molecule has 4 aromatic carbocycles. The maximum Gasteiger partial charge on any atom is 0.0888 e. The molecule has 35 heavy (non-hydrogen) atoms. The fourth-order valence-electron chi connectivity index (χ4n) is 5.43. The zero-order valence-electron chi connectivity index (χ0n) is 21.1. The Morgan fingerprint density at radius 2 is 1.49 bits per heavy atom. The Labute approximate surface area is 211 Å². The van der Waals surface area contributed by atoms with Crippen molar-refractivity contribution in [2.75, 3.05) is 0 Å². The summed E-state index contributed by atoms with van der Waals surface area (Å²) >= 11 is 1.92. The zero-order chi connectivity index (χ0) is 24.3. The van der Waals surface area contributed by atoms with Crippen LogP contribution in [-0.2, 0) is 11.8 Å². The van der Waals surface area contributed by atoms with E-state index in [1.54, 1.807) is 0 Å². The van der Waals surface area contributed by atoms with Gasteiger partial charge in [-0.3, -0.25) is 0 Å². The van der Waals surface area contributed by atoms with Crippen molar-refractivity contribution in [3.05, 3.63) is 90.0 Å². The van der Waals surface area contributed by atoms with E-state index in [0.717, 1.165) is 17.6 Å². The number of pyridine rings is 1. The van der Waals surface area contributed by atoms with Crippen LogP contribution in [0.4, 0.5) is 0 Å². The molecule has 0 amide bonds. The number of hydrogen-bond donors (Lipinski definition) is 0. The van der Waals surface area contributed by atoms with Crippen LogP contribution in [0.5, 0.6) is 0 Å². The Bertz CT molecular complexity index is 1730. The third-order valence-electron chi connectivity index (χ3n) is 6.99. The fourth-order valence-corrected chi connectivity index (χ4v) is 6.78. The lowest BCUT2D eigenvalue weighted by Crippen LogP contribution is -2.12. The van der Waals surface area contributed by atoms with Gasteiger partial charge in [0, 0.05) is 26.4 Å².